The van der Waals surface area contributed by atoms with E-state index in [4.69, 9.17) is 9.47 Å². The molecule has 0 aliphatic heterocycles. The number of para-hydroxylation sites is 2. The lowest BCUT2D eigenvalue weighted by Gasteiger charge is -2.22. The number of carbonyl (C=O) groups is 4. The van der Waals surface area contributed by atoms with Gasteiger partial charge in [-0.25, -0.2) is 9.59 Å². The van der Waals surface area contributed by atoms with Crippen LogP contribution in [-0.2, 0) is 19.1 Å². The van der Waals surface area contributed by atoms with Crippen molar-refractivity contribution in [2.45, 2.75) is 26.1 Å². The average Bonchev–Trinajstić information content (AvgIpc) is 2.92. The molecule has 0 unspecified atom stereocenters. The Hall–Kier alpha value is -4.46. The molecule has 0 aromatic heterocycles. The second kappa shape index (κ2) is 11.8. The van der Waals surface area contributed by atoms with E-state index < -0.39 is 24.1 Å². The van der Waals surface area contributed by atoms with Gasteiger partial charge < -0.3 is 19.3 Å². The first-order valence-electron chi connectivity index (χ1n) is 11.4. The summed E-state index contributed by atoms with van der Waals surface area (Å²) in [7, 11) is 3.21. The van der Waals surface area contributed by atoms with Gasteiger partial charge in [0.2, 0.25) is 0 Å². The van der Waals surface area contributed by atoms with Crippen molar-refractivity contribution in [1.82, 2.24) is 0 Å². The first kappa shape index (κ1) is 26.2. The number of nitrogens with zero attached hydrogens (tertiary/aromatic N) is 2. The Kier molecular flexibility index (Phi) is 8.57. The van der Waals surface area contributed by atoms with Gasteiger partial charge in [0.05, 0.1) is 11.1 Å². The molecular weight excluding hydrogens is 460 g/mol. The molecule has 36 heavy (non-hydrogen) atoms. The maximum Gasteiger partial charge on any atom is 0.338 e. The number of benzene rings is 3. The van der Waals surface area contributed by atoms with E-state index in [1.54, 1.807) is 62.6 Å². The molecule has 3 rings (SSSR count). The zero-order valence-corrected chi connectivity index (χ0v) is 20.6. The lowest BCUT2D eigenvalue weighted by Crippen LogP contribution is -2.37. The predicted molar refractivity (Wildman–Crippen MR) is 136 cm³/mol. The first-order valence-corrected chi connectivity index (χ1v) is 11.4. The van der Waals surface area contributed by atoms with Crippen LogP contribution >= 0.6 is 0 Å². The standard InChI is InChI=1S/C28H28N2O6/c1-19(25(31)29(3)23-11-7-5-8-12-23)35-27(33)21-15-17-22(18-16-21)28(34)36-20(2)26(32)30(4)24-13-9-6-10-14-24/h5-20H,1-4H3/t19-,20+. The molecule has 0 spiro atoms. The fraction of sp³-hybridized carbons (Fsp3) is 0.214. The number of likely N-dealkylation sites (N-methyl/N-ethyl adjacent to an activating group) is 2. The Balaban J connectivity index is 1.56. The normalized spacial score (nSPS) is 12.1. The van der Waals surface area contributed by atoms with Gasteiger partial charge >= 0.3 is 11.9 Å². The summed E-state index contributed by atoms with van der Waals surface area (Å²) in [5, 5.41) is 0. The van der Waals surface area contributed by atoms with E-state index in [9.17, 15) is 19.2 Å². The van der Waals surface area contributed by atoms with Crippen LogP contribution in [0.1, 0.15) is 34.6 Å². The third kappa shape index (κ3) is 6.35. The van der Waals surface area contributed by atoms with Crippen LogP contribution in [0.15, 0.2) is 84.9 Å². The van der Waals surface area contributed by atoms with Gasteiger partial charge in [-0.05, 0) is 62.4 Å². The molecule has 0 fully saturated rings. The van der Waals surface area contributed by atoms with Crippen molar-refractivity contribution < 1.29 is 28.7 Å². The zero-order valence-electron chi connectivity index (χ0n) is 20.6. The Morgan fingerprint density at radius 3 is 1.17 bits per heavy atom. The van der Waals surface area contributed by atoms with E-state index in [2.05, 4.69) is 0 Å². The maximum absolute atomic E-state index is 12.6. The third-order valence-corrected chi connectivity index (χ3v) is 5.57. The summed E-state index contributed by atoms with van der Waals surface area (Å²) in [5.41, 5.74) is 1.69. The first-order chi connectivity index (χ1) is 17.2. The highest BCUT2D eigenvalue weighted by atomic mass is 16.6. The number of anilines is 2. The largest absolute Gasteiger partial charge is 0.449 e. The number of esters is 2. The van der Waals surface area contributed by atoms with Crippen molar-refractivity contribution in [2.75, 3.05) is 23.9 Å². The summed E-state index contributed by atoms with van der Waals surface area (Å²) in [6.07, 6.45) is -2.03. The van der Waals surface area contributed by atoms with Crippen molar-refractivity contribution in [2.24, 2.45) is 0 Å². The molecule has 2 amide bonds. The zero-order chi connectivity index (χ0) is 26.2. The van der Waals surface area contributed by atoms with Gasteiger partial charge in [-0.15, -0.1) is 0 Å². The molecule has 0 saturated carbocycles. The quantitative estimate of drug-likeness (QED) is 0.443. The summed E-state index contributed by atoms with van der Waals surface area (Å²) in [6.45, 7) is 2.99. The van der Waals surface area contributed by atoms with Gasteiger partial charge in [0.1, 0.15) is 0 Å². The van der Waals surface area contributed by atoms with Crippen LogP contribution in [0.5, 0.6) is 0 Å². The number of rotatable bonds is 8. The molecule has 0 aliphatic carbocycles. The van der Waals surface area contributed by atoms with Crippen molar-refractivity contribution in [3.8, 4) is 0 Å². The van der Waals surface area contributed by atoms with Crippen molar-refractivity contribution in [3.63, 3.8) is 0 Å². The molecular formula is C28H28N2O6. The molecule has 0 aliphatic rings. The summed E-state index contributed by atoms with van der Waals surface area (Å²) < 4.78 is 10.6. The van der Waals surface area contributed by atoms with Gasteiger partial charge in [0.25, 0.3) is 11.8 Å². The smallest absolute Gasteiger partial charge is 0.338 e. The molecule has 0 radical (unpaired) electrons. The molecule has 0 bridgehead atoms. The highest BCUT2D eigenvalue weighted by Crippen LogP contribution is 2.16. The second-order valence-electron chi connectivity index (χ2n) is 8.14. The fourth-order valence-electron chi connectivity index (χ4n) is 3.40. The van der Waals surface area contributed by atoms with Crippen LogP contribution in [-0.4, -0.2) is 50.1 Å². The van der Waals surface area contributed by atoms with E-state index in [-0.39, 0.29) is 22.9 Å². The summed E-state index contributed by atoms with van der Waals surface area (Å²) in [5.74, 6) is -2.17. The molecule has 0 saturated heterocycles. The summed E-state index contributed by atoms with van der Waals surface area (Å²) >= 11 is 0. The Morgan fingerprint density at radius 2 is 0.861 bits per heavy atom. The van der Waals surface area contributed by atoms with Crippen molar-refractivity contribution in [1.29, 1.82) is 0 Å². The van der Waals surface area contributed by atoms with Gasteiger partial charge in [0, 0.05) is 25.5 Å². The molecule has 0 heterocycles. The van der Waals surface area contributed by atoms with E-state index in [0.717, 1.165) is 0 Å². The minimum atomic E-state index is -1.01. The van der Waals surface area contributed by atoms with Crippen LogP contribution in [0.2, 0.25) is 0 Å². The molecule has 0 N–H and O–H groups in total. The topological polar surface area (TPSA) is 93.2 Å². The van der Waals surface area contributed by atoms with E-state index in [1.165, 1.54) is 47.9 Å². The predicted octanol–water partition coefficient (Wildman–Crippen LogP) is 4.10. The van der Waals surface area contributed by atoms with Gasteiger partial charge in [-0.3, -0.25) is 9.59 Å². The van der Waals surface area contributed by atoms with Gasteiger partial charge in [-0.2, -0.15) is 0 Å². The van der Waals surface area contributed by atoms with Crippen LogP contribution in [0.4, 0.5) is 11.4 Å². The van der Waals surface area contributed by atoms with Gasteiger partial charge in [0.15, 0.2) is 12.2 Å². The molecule has 186 valence electrons. The van der Waals surface area contributed by atoms with Crippen LogP contribution in [0, 0.1) is 0 Å². The summed E-state index contributed by atoms with van der Waals surface area (Å²) in [6, 6.07) is 23.6. The van der Waals surface area contributed by atoms with Crippen molar-refractivity contribution in [3.05, 3.63) is 96.1 Å². The Labute approximate surface area is 210 Å². The highest BCUT2D eigenvalue weighted by molar-refractivity contribution is 6.00. The van der Waals surface area contributed by atoms with E-state index in [1.807, 2.05) is 12.1 Å². The van der Waals surface area contributed by atoms with Crippen molar-refractivity contribution >= 4 is 35.1 Å². The van der Waals surface area contributed by atoms with Crippen LogP contribution in [0.3, 0.4) is 0 Å². The number of ether oxygens (including phenoxy) is 2. The molecule has 8 nitrogen and oxygen atoms in total. The van der Waals surface area contributed by atoms with E-state index >= 15 is 0 Å². The molecule has 3 aromatic rings. The minimum absolute atomic E-state index is 0.168. The molecule has 3 aromatic carbocycles. The Morgan fingerprint density at radius 1 is 0.556 bits per heavy atom. The average molecular weight is 489 g/mol. The van der Waals surface area contributed by atoms with Crippen LogP contribution in [0.25, 0.3) is 0 Å². The van der Waals surface area contributed by atoms with E-state index in [0.29, 0.717) is 11.4 Å². The van der Waals surface area contributed by atoms with Crippen LogP contribution < -0.4 is 9.80 Å². The fourth-order valence-corrected chi connectivity index (χ4v) is 3.40. The van der Waals surface area contributed by atoms with Gasteiger partial charge in [-0.1, -0.05) is 36.4 Å². The number of hydrogen-bond acceptors (Lipinski definition) is 6. The Bertz CT molecular complexity index is 1120. The maximum atomic E-state index is 12.6. The highest BCUT2D eigenvalue weighted by Gasteiger charge is 2.25. The SMILES string of the molecule is C[C@H](OC(=O)c1ccc(C(=O)O[C@H](C)C(=O)N(C)c2ccccc2)cc1)C(=O)N(C)c1ccccc1. The minimum Gasteiger partial charge on any atom is -0.449 e. The monoisotopic (exact) mass is 488 g/mol. The molecule has 2 atom stereocenters. The number of amides is 2. The lowest BCUT2D eigenvalue weighted by atomic mass is 10.1. The third-order valence-electron chi connectivity index (χ3n) is 5.57. The second-order valence-corrected chi connectivity index (χ2v) is 8.14. The lowest BCUT2D eigenvalue weighted by molar-refractivity contribution is -0.126. The molecule has 8 heteroatoms. The number of hydrogen-bond donors (Lipinski definition) is 0. The summed E-state index contributed by atoms with van der Waals surface area (Å²) in [4.78, 5) is 53.1. The number of carbonyl (C=O) groups excluding carboxylic acids is 4.